The lowest BCUT2D eigenvalue weighted by molar-refractivity contribution is -0.117. The Balaban J connectivity index is 1.47. The van der Waals surface area contributed by atoms with Gasteiger partial charge in [-0.2, -0.15) is 0 Å². The van der Waals surface area contributed by atoms with Crippen LogP contribution < -0.4 is 14.8 Å². The van der Waals surface area contributed by atoms with Crippen molar-refractivity contribution in [3.05, 3.63) is 65.2 Å². The lowest BCUT2D eigenvalue weighted by Gasteiger charge is -2.22. The lowest BCUT2D eigenvalue weighted by atomic mass is 10.0. The van der Waals surface area contributed by atoms with Gasteiger partial charge in [-0.15, -0.1) is 0 Å². The van der Waals surface area contributed by atoms with Gasteiger partial charge < -0.3 is 14.8 Å². The molecule has 4 heteroatoms. The van der Waals surface area contributed by atoms with Gasteiger partial charge >= 0.3 is 0 Å². The van der Waals surface area contributed by atoms with Crippen LogP contribution in [0.1, 0.15) is 35.6 Å². The van der Waals surface area contributed by atoms with E-state index in [-0.39, 0.29) is 11.9 Å². The Morgan fingerprint density at radius 2 is 1.81 bits per heavy atom. The van der Waals surface area contributed by atoms with Gasteiger partial charge in [-0.3, -0.25) is 4.79 Å². The zero-order valence-electron chi connectivity index (χ0n) is 14.9. The summed E-state index contributed by atoms with van der Waals surface area (Å²) in [5.74, 6) is 1.97. The average Bonchev–Trinajstić information content (AvgIpc) is 3.50. The molecule has 2 aliphatic rings. The number of aryl methyl sites for hydroxylation is 1. The maximum absolute atomic E-state index is 12.4. The molecular formula is C22H23NO3. The fourth-order valence-electron chi connectivity index (χ4n) is 3.21. The Morgan fingerprint density at radius 1 is 1.08 bits per heavy atom. The summed E-state index contributed by atoms with van der Waals surface area (Å²) in [5.41, 5.74) is 3.31. The number of benzene rings is 2. The Bertz CT molecular complexity index is 822. The molecule has 1 aliphatic carbocycles. The molecule has 1 aliphatic heterocycles. The van der Waals surface area contributed by atoms with E-state index in [2.05, 4.69) is 5.32 Å². The summed E-state index contributed by atoms with van der Waals surface area (Å²) in [6, 6.07) is 14.1. The summed E-state index contributed by atoms with van der Waals surface area (Å²) in [7, 11) is 0. The molecule has 1 unspecified atom stereocenters. The third-order valence-corrected chi connectivity index (χ3v) is 4.82. The normalized spacial score (nSPS) is 17.1. The molecule has 0 saturated heterocycles. The van der Waals surface area contributed by atoms with Crippen molar-refractivity contribution in [2.24, 2.45) is 5.92 Å². The molecule has 2 aromatic carbocycles. The predicted molar refractivity (Wildman–Crippen MR) is 101 cm³/mol. The van der Waals surface area contributed by atoms with E-state index in [1.807, 2.05) is 55.5 Å². The summed E-state index contributed by atoms with van der Waals surface area (Å²) in [6.45, 7) is 3.20. The van der Waals surface area contributed by atoms with E-state index in [9.17, 15) is 4.79 Å². The van der Waals surface area contributed by atoms with E-state index < -0.39 is 0 Å². The standard InChI is InChI=1S/C22H23NO3/c1-15-2-4-16(5-3-15)6-11-21(24)23-22(17-7-8-17)18-9-10-19-20(14-18)26-13-12-25-19/h2-6,9-11,14,17,22H,7-8,12-13H2,1H3,(H,23,24)/b11-6+. The number of nitrogens with one attached hydrogen (secondary N) is 1. The largest absolute Gasteiger partial charge is 0.486 e. The zero-order chi connectivity index (χ0) is 17.9. The number of carbonyl (C=O) groups is 1. The van der Waals surface area contributed by atoms with Crippen LogP contribution in [0, 0.1) is 12.8 Å². The molecule has 4 nitrogen and oxygen atoms in total. The second-order valence-corrected chi connectivity index (χ2v) is 6.97. The van der Waals surface area contributed by atoms with Crippen LogP contribution in [0.15, 0.2) is 48.5 Å². The average molecular weight is 349 g/mol. The van der Waals surface area contributed by atoms with Crippen LogP contribution in [0.2, 0.25) is 0 Å². The number of fused-ring (bicyclic) bond motifs is 1. The van der Waals surface area contributed by atoms with Crippen molar-refractivity contribution >= 4 is 12.0 Å². The van der Waals surface area contributed by atoms with Gasteiger partial charge in [0, 0.05) is 6.08 Å². The fourth-order valence-corrected chi connectivity index (χ4v) is 3.21. The van der Waals surface area contributed by atoms with Crippen molar-refractivity contribution in [3.8, 4) is 11.5 Å². The van der Waals surface area contributed by atoms with Crippen molar-refractivity contribution in [2.45, 2.75) is 25.8 Å². The van der Waals surface area contributed by atoms with Crippen molar-refractivity contribution in [1.82, 2.24) is 5.32 Å². The first kappa shape index (κ1) is 16.7. The van der Waals surface area contributed by atoms with Gasteiger partial charge in [0.2, 0.25) is 5.91 Å². The third-order valence-electron chi connectivity index (χ3n) is 4.82. The Labute approximate surface area is 153 Å². The van der Waals surface area contributed by atoms with Crippen molar-refractivity contribution in [3.63, 3.8) is 0 Å². The summed E-state index contributed by atoms with van der Waals surface area (Å²) < 4.78 is 11.3. The second kappa shape index (κ2) is 7.24. The zero-order valence-corrected chi connectivity index (χ0v) is 14.9. The van der Waals surface area contributed by atoms with Gasteiger partial charge in [0.1, 0.15) is 13.2 Å². The van der Waals surface area contributed by atoms with Crippen LogP contribution in [0.4, 0.5) is 0 Å². The van der Waals surface area contributed by atoms with Gasteiger partial charge in [-0.25, -0.2) is 0 Å². The van der Waals surface area contributed by atoms with Crippen LogP contribution in [-0.4, -0.2) is 19.1 Å². The smallest absolute Gasteiger partial charge is 0.244 e. The molecule has 2 aromatic rings. The van der Waals surface area contributed by atoms with E-state index in [1.54, 1.807) is 6.08 Å². The summed E-state index contributed by atoms with van der Waals surface area (Å²) in [5, 5.41) is 3.16. The highest BCUT2D eigenvalue weighted by atomic mass is 16.6. The van der Waals surface area contributed by atoms with Crippen molar-refractivity contribution < 1.29 is 14.3 Å². The third kappa shape index (κ3) is 3.90. The predicted octanol–water partition coefficient (Wildman–Crippen LogP) is 4.05. The number of carbonyl (C=O) groups excluding carboxylic acids is 1. The highest BCUT2D eigenvalue weighted by molar-refractivity contribution is 5.92. The Hall–Kier alpha value is -2.75. The molecule has 1 fully saturated rings. The van der Waals surface area contributed by atoms with E-state index in [4.69, 9.17) is 9.47 Å². The molecule has 0 radical (unpaired) electrons. The molecule has 1 amide bonds. The molecule has 0 spiro atoms. The van der Waals surface area contributed by atoms with E-state index >= 15 is 0 Å². The minimum absolute atomic E-state index is 0.0148. The van der Waals surface area contributed by atoms with Gasteiger partial charge in [0.05, 0.1) is 6.04 Å². The van der Waals surface area contributed by atoms with Crippen LogP contribution in [0.25, 0.3) is 6.08 Å². The molecule has 0 bridgehead atoms. The Kier molecular flexibility index (Phi) is 4.65. The van der Waals surface area contributed by atoms with Gasteiger partial charge in [0.15, 0.2) is 11.5 Å². The fraction of sp³-hybridized carbons (Fsp3) is 0.318. The molecule has 4 rings (SSSR count). The van der Waals surface area contributed by atoms with Gasteiger partial charge in [-0.05, 0) is 55.0 Å². The highest BCUT2D eigenvalue weighted by Crippen LogP contribution is 2.43. The first-order chi connectivity index (χ1) is 12.7. The quantitative estimate of drug-likeness (QED) is 0.829. The maximum Gasteiger partial charge on any atom is 0.244 e. The van der Waals surface area contributed by atoms with E-state index in [0.29, 0.717) is 19.1 Å². The number of ether oxygens (including phenoxy) is 2. The minimum atomic E-state index is -0.0719. The number of hydrogen-bond donors (Lipinski definition) is 1. The summed E-state index contributed by atoms with van der Waals surface area (Å²) >= 11 is 0. The maximum atomic E-state index is 12.4. The molecular weight excluding hydrogens is 326 g/mol. The Morgan fingerprint density at radius 3 is 2.54 bits per heavy atom. The van der Waals surface area contributed by atoms with Crippen LogP contribution in [-0.2, 0) is 4.79 Å². The van der Waals surface area contributed by atoms with Crippen molar-refractivity contribution in [2.75, 3.05) is 13.2 Å². The molecule has 1 N–H and O–H groups in total. The summed E-state index contributed by atoms with van der Waals surface area (Å²) in [4.78, 5) is 12.4. The SMILES string of the molecule is Cc1ccc(/C=C/C(=O)NC(c2ccc3c(c2)OCCO3)C2CC2)cc1. The van der Waals surface area contributed by atoms with Gasteiger partial charge in [0.25, 0.3) is 0 Å². The van der Waals surface area contributed by atoms with Crippen LogP contribution >= 0.6 is 0 Å². The first-order valence-corrected chi connectivity index (χ1v) is 9.14. The molecule has 1 heterocycles. The molecule has 134 valence electrons. The van der Waals surface area contributed by atoms with E-state index in [1.165, 1.54) is 5.56 Å². The van der Waals surface area contributed by atoms with E-state index in [0.717, 1.165) is 35.5 Å². The highest BCUT2D eigenvalue weighted by Gasteiger charge is 2.33. The second-order valence-electron chi connectivity index (χ2n) is 6.97. The number of hydrogen-bond acceptors (Lipinski definition) is 3. The summed E-state index contributed by atoms with van der Waals surface area (Å²) in [6.07, 6.45) is 5.74. The monoisotopic (exact) mass is 349 g/mol. The lowest BCUT2D eigenvalue weighted by Crippen LogP contribution is -2.28. The molecule has 0 aromatic heterocycles. The molecule has 26 heavy (non-hydrogen) atoms. The minimum Gasteiger partial charge on any atom is -0.486 e. The first-order valence-electron chi connectivity index (χ1n) is 9.14. The number of amides is 1. The number of rotatable bonds is 5. The topological polar surface area (TPSA) is 47.6 Å². The van der Waals surface area contributed by atoms with Crippen molar-refractivity contribution in [1.29, 1.82) is 0 Å². The van der Waals surface area contributed by atoms with Crippen LogP contribution in [0.3, 0.4) is 0 Å². The molecule has 1 saturated carbocycles. The van der Waals surface area contributed by atoms with Crippen LogP contribution in [0.5, 0.6) is 11.5 Å². The molecule has 1 atom stereocenters. The van der Waals surface area contributed by atoms with Gasteiger partial charge in [-0.1, -0.05) is 35.9 Å².